The van der Waals surface area contributed by atoms with E-state index < -0.39 is 18.1 Å². The Morgan fingerprint density at radius 1 is 0.698 bits per heavy atom. The summed E-state index contributed by atoms with van der Waals surface area (Å²) in [5.41, 5.74) is 0. The molecule has 0 aliphatic carbocycles. The molecule has 0 aliphatic rings. The summed E-state index contributed by atoms with van der Waals surface area (Å²) in [7, 11) is 5.37. The maximum atomic E-state index is 12.5. The summed E-state index contributed by atoms with van der Waals surface area (Å²) in [6.45, 7) is 4.47. The van der Waals surface area contributed by atoms with Crippen LogP contribution in [0.2, 0.25) is 0 Å². The monoisotopic (exact) mass is 609 g/mol. The third kappa shape index (κ3) is 26.0. The molecule has 0 aromatic carbocycles. The number of rotatable bonds is 29. The molecule has 0 heterocycles. The second kappa shape index (κ2) is 27.4. The lowest BCUT2D eigenvalue weighted by Crippen LogP contribution is -2.55. The summed E-state index contributed by atoms with van der Waals surface area (Å²) in [5.74, 6) is -1.78. The van der Waals surface area contributed by atoms with E-state index in [9.17, 15) is 19.5 Å². The molecule has 0 aliphatic heterocycles. The first kappa shape index (κ1) is 40.8. The molecule has 0 aromatic heterocycles. The van der Waals surface area contributed by atoms with E-state index in [1.807, 2.05) is 0 Å². The van der Waals surface area contributed by atoms with Crippen LogP contribution in [0.5, 0.6) is 0 Å². The standard InChI is InChI=1S/C35H63NO7/c1-6-8-10-12-13-14-15-16-17-18-19-20-21-22-24-26-34(38)43-31(30-42-33(37)25-23-11-9-7-2)29-41-28-27-32(35(39)40)36(3,4)5/h13-14,16-17,31-32H,6-12,15,18-30H2,1-5H3/b14-13-,17-16-. The molecule has 8 heteroatoms. The van der Waals surface area contributed by atoms with Gasteiger partial charge in [-0.15, -0.1) is 0 Å². The van der Waals surface area contributed by atoms with Gasteiger partial charge in [0, 0.05) is 19.3 Å². The molecule has 0 amide bonds. The highest BCUT2D eigenvalue weighted by Gasteiger charge is 2.25. The Bertz CT molecular complexity index is 773. The molecule has 0 saturated heterocycles. The van der Waals surface area contributed by atoms with Gasteiger partial charge in [-0.25, -0.2) is 0 Å². The van der Waals surface area contributed by atoms with Crippen LogP contribution in [0.25, 0.3) is 0 Å². The number of unbranched alkanes of at least 4 members (excludes halogenated alkanes) is 11. The molecular weight excluding hydrogens is 546 g/mol. The summed E-state index contributed by atoms with van der Waals surface area (Å²) >= 11 is 0. The van der Waals surface area contributed by atoms with Gasteiger partial charge < -0.3 is 28.6 Å². The first-order chi connectivity index (χ1) is 20.6. The van der Waals surface area contributed by atoms with Gasteiger partial charge in [0.25, 0.3) is 0 Å². The van der Waals surface area contributed by atoms with Crippen molar-refractivity contribution in [3.8, 4) is 0 Å². The second-order valence-electron chi connectivity index (χ2n) is 12.4. The molecule has 250 valence electrons. The van der Waals surface area contributed by atoms with Crippen LogP contribution in [0, 0.1) is 0 Å². The van der Waals surface area contributed by atoms with Crippen LogP contribution in [-0.4, -0.2) is 75.5 Å². The minimum Gasteiger partial charge on any atom is -0.544 e. The number of quaternary nitrogens is 1. The zero-order valence-electron chi connectivity index (χ0n) is 28.1. The molecule has 0 aromatic rings. The number of aliphatic carboxylic acids is 1. The minimum absolute atomic E-state index is 0.0356. The number of nitrogens with zero attached hydrogens (tertiary/aromatic N) is 1. The van der Waals surface area contributed by atoms with E-state index in [0.717, 1.165) is 70.6 Å². The minimum atomic E-state index is -1.13. The van der Waals surface area contributed by atoms with Crippen LogP contribution in [0.3, 0.4) is 0 Å². The van der Waals surface area contributed by atoms with Gasteiger partial charge in [0.1, 0.15) is 12.6 Å². The Kier molecular flexibility index (Phi) is 26.0. The van der Waals surface area contributed by atoms with Crippen LogP contribution in [-0.2, 0) is 28.6 Å². The number of carbonyl (C=O) groups excluding carboxylic acids is 3. The van der Waals surface area contributed by atoms with Crippen molar-refractivity contribution in [1.82, 2.24) is 0 Å². The van der Waals surface area contributed by atoms with Crippen molar-refractivity contribution in [3.63, 3.8) is 0 Å². The van der Waals surface area contributed by atoms with Crippen molar-refractivity contribution in [1.29, 1.82) is 0 Å². The summed E-state index contributed by atoms with van der Waals surface area (Å²) in [6.07, 6.45) is 25.3. The largest absolute Gasteiger partial charge is 0.544 e. The van der Waals surface area contributed by atoms with Crippen LogP contribution in [0.4, 0.5) is 0 Å². The third-order valence-corrected chi connectivity index (χ3v) is 7.34. The fraction of sp³-hybridized carbons (Fsp3) is 0.800. The van der Waals surface area contributed by atoms with Gasteiger partial charge in [0.2, 0.25) is 0 Å². The van der Waals surface area contributed by atoms with Gasteiger partial charge >= 0.3 is 11.9 Å². The summed E-state index contributed by atoms with van der Waals surface area (Å²) in [6, 6.07) is -0.722. The fourth-order valence-corrected chi connectivity index (χ4v) is 4.63. The molecule has 2 atom stereocenters. The highest BCUT2D eigenvalue weighted by Crippen LogP contribution is 2.11. The lowest BCUT2D eigenvalue weighted by atomic mass is 10.1. The third-order valence-electron chi connectivity index (χ3n) is 7.34. The van der Waals surface area contributed by atoms with E-state index in [0.29, 0.717) is 12.8 Å². The molecule has 0 spiro atoms. The summed E-state index contributed by atoms with van der Waals surface area (Å²) < 4.78 is 16.9. The van der Waals surface area contributed by atoms with Crippen LogP contribution in [0.15, 0.2) is 24.3 Å². The molecule has 0 bridgehead atoms. The van der Waals surface area contributed by atoms with Gasteiger partial charge in [-0.2, -0.15) is 0 Å². The Morgan fingerprint density at radius 2 is 1.23 bits per heavy atom. The van der Waals surface area contributed by atoms with Gasteiger partial charge in [-0.1, -0.05) is 89.5 Å². The number of esters is 2. The molecule has 0 N–H and O–H groups in total. The smallest absolute Gasteiger partial charge is 0.306 e. The zero-order valence-corrected chi connectivity index (χ0v) is 28.1. The quantitative estimate of drug-likeness (QED) is 0.0415. The summed E-state index contributed by atoms with van der Waals surface area (Å²) in [5, 5.41) is 11.5. The SMILES string of the molecule is CCCCC/C=C\C/C=C\CCCCCCCC(=O)OC(COCCC(C(=O)[O-])[N+](C)(C)C)COC(=O)CCCCCC. The molecule has 43 heavy (non-hydrogen) atoms. The van der Waals surface area contributed by atoms with E-state index >= 15 is 0 Å². The van der Waals surface area contributed by atoms with Crippen LogP contribution >= 0.6 is 0 Å². The highest BCUT2D eigenvalue weighted by atomic mass is 16.6. The number of carboxylic acids is 1. The van der Waals surface area contributed by atoms with Crippen LogP contribution < -0.4 is 5.11 Å². The number of allylic oxidation sites excluding steroid dienone is 4. The van der Waals surface area contributed by atoms with Crippen molar-refractivity contribution >= 4 is 17.9 Å². The molecule has 0 saturated carbocycles. The molecule has 2 unspecified atom stereocenters. The number of likely N-dealkylation sites (N-methyl/N-ethyl adjacent to an activating group) is 1. The molecule has 0 rings (SSSR count). The van der Waals surface area contributed by atoms with Gasteiger partial charge in [0.15, 0.2) is 6.10 Å². The van der Waals surface area contributed by atoms with Crippen molar-refractivity contribution in [3.05, 3.63) is 24.3 Å². The van der Waals surface area contributed by atoms with Crippen molar-refractivity contribution in [2.45, 2.75) is 142 Å². The molecule has 0 radical (unpaired) electrons. The Labute approximate surface area is 262 Å². The fourth-order valence-electron chi connectivity index (χ4n) is 4.63. The van der Waals surface area contributed by atoms with E-state index in [1.165, 1.54) is 25.7 Å². The van der Waals surface area contributed by atoms with E-state index in [2.05, 4.69) is 38.2 Å². The molecule has 8 nitrogen and oxygen atoms in total. The Morgan fingerprint density at radius 3 is 1.84 bits per heavy atom. The lowest BCUT2D eigenvalue weighted by Gasteiger charge is -2.34. The zero-order chi connectivity index (χ0) is 32.2. The van der Waals surface area contributed by atoms with Crippen molar-refractivity contribution < 1.29 is 38.2 Å². The number of hydrogen-bond acceptors (Lipinski definition) is 7. The predicted octanol–water partition coefficient (Wildman–Crippen LogP) is 6.46. The number of carboxylic acid groups (broad SMARTS) is 1. The van der Waals surface area contributed by atoms with E-state index in [1.54, 1.807) is 21.1 Å². The highest BCUT2D eigenvalue weighted by molar-refractivity contribution is 5.70. The van der Waals surface area contributed by atoms with Crippen molar-refractivity contribution in [2.75, 3.05) is 41.0 Å². The number of hydrogen-bond donors (Lipinski definition) is 0. The normalized spacial score (nSPS) is 13.4. The predicted molar refractivity (Wildman–Crippen MR) is 171 cm³/mol. The van der Waals surface area contributed by atoms with E-state index in [4.69, 9.17) is 14.2 Å². The van der Waals surface area contributed by atoms with Gasteiger partial charge in [0.05, 0.1) is 40.3 Å². The van der Waals surface area contributed by atoms with Gasteiger partial charge in [-0.05, 0) is 44.9 Å². The maximum Gasteiger partial charge on any atom is 0.306 e. The Hall–Kier alpha value is -2.19. The number of carbonyl (C=O) groups is 3. The lowest BCUT2D eigenvalue weighted by molar-refractivity contribution is -0.889. The maximum absolute atomic E-state index is 12.5. The first-order valence-corrected chi connectivity index (χ1v) is 16.9. The Balaban J connectivity index is 4.37. The average molecular weight is 610 g/mol. The second-order valence-corrected chi connectivity index (χ2v) is 12.4. The van der Waals surface area contributed by atoms with E-state index in [-0.39, 0.29) is 42.7 Å². The van der Waals surface area contributed by atoms with Gasteiger partial charge in [-0.3, -0.25) is 9.59 Å². The summed E-state index contributed by atoms with van der Waals surface area (Å²) in [4.78, 5) is 36.2. The van der Waals surface area contributed by atoms with Crippen molar-refractivity contribution in [2.24, 2.45) is 0 Å². The topological polar surface area (TPSA) is 102 Å². The average Bonchev–Trinajstić information content (AvgIpc) is 2.94. The molecular formula is C35H63NO7. The van der Waals surface area contributed by atoms with Crippen LogP contribution in [0.1, 0.15) is 129 Å². The first-order valence-electron chi connectivity index (χ1n) is 16.9. The molecule has 0 fully saturated rings. The number of ether oxygens (including phenoxy) is 3.